The van der Waals surface area contributed by atoms with Gasteiger partial charge in [-0.25, -0.2) is 0 Å². The second kappa shape index (κ2) is 8.16. The van der Waals surface area contributed by atoms with E-state index in [9.17, 15) is 9.59 Å². The number of rotatable bonds is 8. The van der Waals surface area contributed by atoms with Gasteiger partial charge in [-0.15, -0.1) is 0 Å². The van der Waals surface area contributed by atoms with Crippen LogP contribution >= 0.6 is 0 Å². The Bertz CT molecular complexity index is 443. The zero-order valence-corrected chi connectivity index (χ0v) is 11.6. The van der Waals surface area contributed by atoms with Gasteiger partial charge < -0.3 is 19.9 Å². The molecular weight excluding hydrogens is 262 g/mol. The standard InChI is InChI=1S/C14H19NO5/c1-10-3-5-11(6-4-10)20-9-13(16)15-8-12(19-2)7-14(17)18/h3-6,12H,7-9H2,1-2H3,(H,15,16)(H,17,18). The lowest BCUT2D eigenvalue weighted by molar-refractivity contribution is -0.140. The fourth-order valence-electron chi connectivity index (χ4n) is 1.50. The van der Waals surface area contributed by atoms with Crippen molar-refractivity contribution in [3.05, 3.63) is 29.8 Å². The smallest absolute Gasteiger partial charge is 0.306 e. The normalized spacial score (nSPS) is 11.7. The molecule has 1 amide bonds. The quantitative estimate of drug-likeness (QED) is 0.742. The van der Waals surface area contributed by atoms with E-state index >= 15 is 0 Å². The number of ether oxygens (including phenoxy) is 2. The van der Waals surface area contributed by atoms with E-state index in [1.807, 2.05) is 19.1 Å². The number of hydrogen-bond acceptors (Lipinski definition) is 4. The molecule has 1 aromatic carbocycles. The number of carbonyl (C=O) groups is 2. The van der Waals surface area contributed by atoms with Crippen LogP contribution in [-0.2, 0) is 14.3 Å². The average Bonchev–Trinajstić information content (AvgIpc) is 2.42. The Hall–Kier alpha value is -2.08. The fourth-order valence-corrected chi connectivity index (χ4v) is 1.50. The van der Waals surface area contributed by atoms with Crippen molar-refractivity contribution in [2.45, 2.75) is 19.4 Å². The van der Waals surface area contributed by atoms with E-state index < -0.39 is 12.1 Å². The summed E-state index contributed by atoms with van der Waals surface area (Å²) in [6.07, 6.45) is -0.703. The zero-order chi connectivity index (χ0) is 15.0. The van der Waals surface area contributed by atoms with Crippen molar-refractivity contribution < 1.29 is 24.2 Å². The minimum atomic E-state index is -0.970. The van der Waals surface area contributed by atoms with Gasteiger partial charge in [0, 0.05) is 13.7 Å². The molecule has 6 heteroatoms. The average molecular weight is 281 g/mol. The van der Waals surface area contributed by atoms with E-state index in [2.05, 4.69) is 5.32 Å². The summed E-state index contributed by atoms with van der Waals surface area (Å²) in [5.74, 6) is -0.681. The Morgan fingerprint density at radius 1 is 1.30 bits per heavy atom. The minimum absolute atomic E-state index is 0.118. The van der Waals surface area contributed by atoms with Crippen LogP contribution in [0.25, 0.3) is 0 Å². The third-order valence-electron chi connectivity index (χ3n) is 2.65. The molecule has 0 saturated heterocycles. The van der Waals surface area contributed by atoms with Gasteiger partial charge in [0.05, 0.1) is 12.5 Å². The Morgan fingerprint density at radius 2 is 1.95 bits per heavy atom. The molecule has 1 aromatic rings. The SMILES string of the molecule is COC(CNC(=O)COc1ccc(C)cc1)CC(=O)O. The van der Waals surface area contributed by atoms with Gasteiger partial charge in [0.1, 0.15) is 5.75 Å². The first-order valence-corrected chi connectivity index (χ1v) is 6.22. The number of nitrogens with one attached hydrogen (secondary N) is 1. The molecule has 0 bridgehead atoms. The Balaban J connectivity index is 2.29. The van der Waals surface area contributed by atoms with Crippen LogP contribution < -0.4 is 10.1 Å². The highest BCUT2D eigenvalue weighted by Crippen LogP contribution is 2.10. The van der Waals surface area contributed by atoms with Crippen LogP contribution in [0.1, 0.15) is 12.0 Å². The molecule has 0 fully saturated rings. The minimum Gasteiger partial charge on any atom is -0.484 e. The molecule has 0 aromatic heterocycles. The summed E-state index contributed by atoms with van der Waals surface area (Å²) in [6, 6.07) is 7.35. The van der Waals surface area contributed by atoms with Gasteiger partial charge in [0.15, 0.2) is 6.61 Å². The highest BCUT2D eigenvalue weighted by Gasteiger charge is 2.13. The summed E-state index contributed by atoms with van der Waals surface area (Å²) in [4.78, 5) is 22.1. The third kappa shape index (κ3) is 6.19. The molecule has 0 spiro atoms. The first-order chi connectivity index (χ1) is 9.51. The molecule has 6 nitrogen and oxygen atoms in total. The number of benzene rings is 1. The highest BCUT2D eigenvalue weighted by molar-refractivity contribution is 5.77. The Kier molecular flexibility index (Phi) is 6.52. The van der Waals surface area contributed by atoms with Crippen LogP contribution in [0.2, 0.25) is 0 Å². The summed E-state index contributed by atoms with van der Waals surface area (Å²) in [5, 5.41) is 11.2. The van der Waals surface area contributed by atoms with Crippen molar-refractivity contribution in [3.63, 3.8) is 0 Å². The van der Waals surface area contributed by atoms with E-state index in [-0.39, 0.29) is 25.5 Å². The number of carboxylic acids is 1. The number of carboxylic acid groups (broad SMARTS) is 1. The van der Waals surface area contributed by atoms with Crippen LogP contribution in [0, 0.1) is 6.92 Å². The van der Waals surface area contributed by atoms with Crippen molar-refractivity contribution >= 4 is 11.9 Å². The number of methoxy groups -OCH3 is 1. The molecule has 20 heavy (non-hydrogen) atoms. The maximum Gasteiger partial charge on any atom is 0.306 e. The molecule has 110 valence electrons. The maximum absolute atomic E-state index is 11.6. The number of carbonyl (C=O) groups excluding carboxylic acids is 1. The topological polar surface area (TPSA) is 84.9 Å². The summed E-state index contributed by atoms with van der Waals surface area (Å²) in [6.45, 7) is 1.98. The Morgan fingerprint density at radius 3 is 2.50 bits per heavy atom. The van der Waals surface area contributed by atoms with Crippen molar-refractivity contribution in [3.8, 4) is 5.75 Å². The van der Waals surface area contributed by atoms with Gasteiger partial charge in [-0.05, 0) is 19.1 Å². The molecule has 0 heterocycles. The number of amides is 1. The third-order valence-corrected chi connectivity index (χ3v) is 2.65. The van der Waals surface area contributed by atoms with Crippen LogP contribution in [0.15, 0.2) is 24.3 Å². The van der Waals surface area contributed by atoms with E-state index in [0.29, 0.717) is 5.75 Å². The van der Waals surface area contributed by atoms with Crippen molar-refractivity contribution in [1.82, 2.24) is 5.32 Å². The summed E-state index contributed by atoms with van der Waals surface area (Å²) in [7, 11) is 1.41. The summed E-state index contributed by atoms with van der Waals surface area (Å²) >= 11 is 0. The lowest BCUT2D eigenvalue weighted by Gasteiger charge is -2.14. The van der Waals surface area contributed by atoms with Gasteiger partial charge >= 0.3 is 5.97 Å². The second-order valence-corrected chi connectivity index (χ2v) is 4.36. The number of hydrogen-bond donors (Lipinski definition) is 2. The van der Waals surface area contributed by atoms with Gasteiger partial charge in [-0.1, -0.05) is 17.7 Å². The molecule has 1 rings (SSSR count). The van der Waals surface area contributed by atoms with Crippen LogP contribution in [-0.4, -0.2) is 43.3 Å². The summed E-state index contributed by atoms with van der Waals surface area (Å²) in [5.41, 5.74) is 1.11. The summed E-state index contributed by atoms with van der Waals surface area (Å²) < 4.78 is 10.3. The molecule has 0 radical (unpaired) electrons. The van der Waals surface area contributed by atoms with Gasteiger partial charge in [0.25, 0.3) is 5.91 Å². The first-order valence-electron chi connectivity index (χ1n) is 6.22. The monoisotopic (exact) mass is 281 g/mol. The van der Waals surface area contributed by atoms with E-state index in [4.69, 9.17) is 14.6 Å². The molecule has 1 atom stereocenters. The van der Waals surface area contributed by atoms with Gasteiger partial charge in [0.2, 0.25) is 0 Å². The second-order valence-electron chi connectivity index (χ2n) is 4.36. The number of aliphatic carboxylic acids is 1. The lowest BCUT2D eigenvalue weighted by atomic mass is 10.2. The largest absolute Gasteiger partial charge is 0.484 e. The predicted molar refractivity (Wildman–Crippen MR) is 72.7 cm³/mol. The van der Waals surface area contributed by atoms with E-state index in [0.717, 1.165) is 5.56 Å². The maximum atomic E-state index is 11.6. The van der Waals surface area contributed by atoms with Crippen molar-refractivity contribution in [2.75, 3.05) is 20.3 Å². The molecule has 2 N–H and O–H groups in total. The molecule has 1 unspecified atom stereocenters. The highest BCUT2D eigenvalue weighted by atomic mass is 16.5. The van der Waals surface area contributed by atoms with Crippen LogP contribution in [0.3, 0.4) is 0 Å². The molecular formula is C14H19NO5. The van der Waals surface area contributed by atoms with E-state index in [1.54, 1.807) is 12.1 Å². The first kappa shape index (κ1) is 16.0. The molecule has 0 aliphatic carbocycles. The zero-order valence-electron chi connectivity index (χ0n) is 11.6. The van der Waals surface area contributed by atoms with E-state index in [1.165, 1.54) is 7.11 Å². The Labute approximate surface area is 117 Å². The molecule has 0 aliphatic rings. The lowest BCUT2D eigenvalue weighted by Crippen LogP contribution is -2.37. The number of aryl methyl sites for hydroxylation is 1. The molecule has 0 saturated carbocycles. The van der Waals surface area contributed by atoms with Gasteiger partial charge in [-0.3, -0.25) is 9.59 Å². The van der Waals surface area contributed by atoms with Crippen molar-refractivity contribution in [2.24, 2.45) is 0 Å². The van der Waals surface area contributed by atoms with Gasteiger partial charge in [-0.2, -0.15) is 0 Å². The molecule has 0 aliphatic heterocycles. The van der Waals surface area contributed by atoms with Crippen LogP contribution in [0.5, 0.6) is 5.75 Å². The van der Waals surface area contributed by atoms with Crippen molar-refractivity contribution in [1.29, 1.82) is 0 Å². The van der Waals surface area contributed by atoms with Crippen LogP contribution in [0.4, 0.5) is 0 Å². The predicted octanol–water partition coefficient (Wildman–Crippen LogP) is 0.980. The fraction of sp³-hybridized carbons (Fsp3) is 0.429.